The molecular weight excluding hydrogens is 256 g/mol. The molecule has 1 unspecified atom stereocenters. The number of thiophene rings is 1. The number of nitrogens with one attached hydrogen (secondary N) is 2. The van der Waals surface area contributed by atoms with Gasteiger partial charge in [-0.3, -0.25) is 4.79 Å². The van der Waals surface area contributed by atoms with Crippen LogP contribution in [0.5, 0.6) is 0 Å². The van der Waals surface area contributed by atoms with Gasteiger partial charge in [-0.05, 0) is 30.2 Å². The lowest BCUT2D eigenvalue weighted by molar-refractivity contribution is -0.121. The molecule has 1 saturated carbocycles. The molecule has 4 heteroatoms. The minimum atomic E-state index is 0.110. The quantitative estimate of drug-likeness (QED) is 0.840. The van der Waals surface area contributed by atoms with Crippen LogP contribution in [0, 0.1) is 5.92 Å². The van der Waals surface area contributed by atoms with Gasteiger partial charge in [0.1, 0.15) is 0 Å². The van der Waals surface area contributed by atoms with E-state index in [0.29, 0.717) is 18.5 Å². The lowest BCUT2D eigenvalue weighted by atomic mass is 10.0. The maximum absolute atomic E-state index is 12.0. The highest BCUT2D eigenvalue weighted by atomic mass is 32.1. The predicted octanol–water partition coefficient (Wildman–Crippen LogP) is 3.09. The summed E-state index contributed by atoms with van der Waals surface area (Å²) >= 11 is 1.71. The Hall–Kier alpha value is -0.870. The molecule has 1 aliphatic carbocycles. The second-order valence-corrected chi connectivity index (χ2v) is 6.65. The second-order valence-electron chi connectivity index (χ2n) is 5.67. The normalized spacial score (nSPS) is 17.8. The van der Waals surface area contributed by atoms with Crippen LogP contribution in [0.25, 0.3) is 0 Å². The van der Waals surface area contributed by atoms with Crippen molar-refractivity contribution in [1.29, 1.82) is 0 Å². The topological polar surface area (TPSA) is 41.1 Å². The molecule has 3 nitrogen and oxygen atoms in total. The first-order chi connectivity index (χ1) is 9.16. The summed E-state index contributed by atoms with van der Waals surface area (Å²) in [5, 5.41) is 8.58. The lowest BCUT2D eigenvalue weighted by Gasteiger charge is -2.22. The first-order valence-electron chi connectivity index (χ1n) is 7.23. The molecule has 2 rings (SSSR count). The molecule has 106 valence electrons. The van der Waals surface area contributed by atoms with Gasteiger partial charge in [0, 0.05) is 10.9 Å². The average molecular weight is 280 g/mol. The summed E-state index contributed by atoms with van der Waals surface area (Å²) in [7, 11) is 0. The zero-order valence-corrected chi connectivity index (χ0v) is 12.6. The monoisotopic (exact) mass is 280 g/mol. The van der Waals surface area contributed by atoms with E-state index in [1.54, 1.807) is 11.3 Å². The van der Waals surface area contributed by atoms with Gasteiger partial charge < -0.3 is 10.6 Å². The van der Waals surface area contributed by atoms with Crippen molar-refractivity contribution >= 4 is 17.2 Å². The molecule has 0 aromatic carbocycles. The third-order valence-electron chi connectivity index (χ3n) is 3.74. The predicted molar refractivity (Wildman–Crippen MR) is 80.3 cm³/mol. The van der Waals surface area contributed by atoms with Crippen LogP contribution in [0.2, 0.25) is 0 Å². The molecule has 0 spiro atoms. The molecular formula is C15H24N2OS. The molecule has 0 aliphatic heterocycles. The zero-order valence-electron chi connectivity index (χ0n) is 11.8. The van der Waals surface area contributed by atoms with Crippen molar-refractivity contribution in [1.82, 2.24) is 10.6 Å². The fraction of sp³-hybridized carbons (Fsp3) is 0.667. The van der Waals surface area contributed by atoms with E-state index in [1.165, 1.54) is 30.6 Å². The highest BCUT2D eigenvalue weighted by Crippen LogP contribution is 2.25. The Morgan fingerprint density at radius 2 is 2.16 bits per heavy atom. The third kappa shape index (κ3) is 4.32. The van der Waals surface area contributed by atoms with Gasteiger partial charge in [0.05, 0.1) is 12.6 Å². The largest absolute Gasteiger partial charge is 0.347 e. The Bertz CT molecular complexity index is 383. The van der Waals surface area contributed by atoms with Crippen molar-refractivity contribution in [2.75, 3.05) is 6.54 Å². The summed E-state index contributed by atoms with van der Waals surface area (Å²) < 4.78 is 0. The van der Waals surface area contributed by atoms with Gasteiger partial charge in [-0.25, -0.2) is 0 Å². The van der Waals surface area contributed by atoms with Gasteiger partial charge >= 0.3 is 0 Å². The number of carbonyl (C=O) groups is 1. The molecule has 1 fully saturated rings. The highest BCUT2D eigenvalue weighted by Gasteiger charge is 2.20. The third-order valence-corrected chi connectivity index (χ3v) is 4.69. The first-order valence-corrected chi connectivity index (χ1v) is 8.11. The molecule has 1 atom stereocenters. The van der Waals surface area contributed by atoms with Crippen molar-refractivity contribution in [2.45, 2.75) is 51.6 Å². The van der Waals surface area contributed by atoms with Crippen molar-refractivity contribution in [2.24, 2.45) is 5.92 Å². The van der Waals surface area contributed by atoms with Crippen LogP contribution >= 0.6 is 11.3 Å². The van der Waals surface area contributed by atoms with Crippen LogP contribution in [-0.4, -0.2) is 18.5 Å². The SMILES string of the molecule is CC(C)C(NC(=O)CNC1CCCC1)c1cccs1. The van der Waals surface area contributed by atoms with E-state index in [1.807, 2.05) is 6.07 Å². The Morgan fingerprint density at radius 3 is 2.74 bits per heavy atom. The molecule has 2 N–H and O–H groups in total. The standard InChI is InChI=1S/C15H24N2OS/c1-11(2)15(13-8-5-9-19-13)17-14(18)10-16-12-6-3-4-7-12/h5,8-9,11-12,15-16H,3-4,6-7,10H2,1-2H3,(H,17,18). The maximum Gasteiger partial charge on any atom is 0.234 e. The minimum absolute atomic E-state index is 0.110. The molecule has 1 heterocycles. The molecule has 0 saturated heterocycles. The molecule has 1 amide bonds. The number of carbonyl (C=O) groups excluding carboxylic acids is 1. The molecule has 0 radical (unpaired) electrons. The van der Waals surface area contributed by atoms with Crippen LogP contribution < -0.4 is 10.6 Å². The minimum Gasteiger partial charge on any atom is -0.347 e. The highest BCUT2D eigenvalue weighted by molar-refractivity contribution is 7.10. The van der Waals surface area contributed by atoms with E-state index in [9.17, 15) is 4.79 Å². The lowest BCUT2D eigenvalue weighted by Crippen LogP contribution is -2.40. The van der Waals surface area contributed by atoms with Gasteiger partial charge in [0.2, 0.25) is 5.91 Å². The first kappa shape index (κ1) is 14.5. The van der Waals surface area contributed by atoms with E-state index in [0.717, 1.165) is 0 Å². The van der Waals surface area contributed by atoms with Crippen LogP contribution in [0.1, 0.15) is 50.4 Å². The Morgan fingerprint density at radius 1 is 1.42 bits per heavy atom. The molecule has 0 bridgehead atoms. The Balaban J connectivity index is 1.81. The average Bonchev–Trinajstić information content (AvgIpc) is 3.05. The summed E-state index contributed by atoms with van der Waals surface area (Å²) in [4.78, 5) is 13.3. The van der Waals surface area contributed by atoms with Crippen LogP contribution in [-0.2, 0) is 4.79 Å². The summed E-state index contributed by atoms with van der Waals surface area (Å²) in [6.45, 7) is 4.74. The van der Waals surface area contributed by atoms with Crippen molar-refractivity contribution in [3.63, 3.8) is 0 Å². The van der Waals surface area contributed by atoms with Crippen molar-refractivity contribution < 1.29 is 4.79 Å². The fourth-order valence-corrected chi connectivity index (χ4v) is 3.58. The molecule has 19 heavy (non-hydrogen) atoms. The van der Waals surface area contributed by atoms with Gasteiger partial charge in [0.15, 0.2) is 0 Å². The summed E-state index contributed by atoms with van der Waals surface area (Å²) in [5.41, 5.74) is 0. The van der Waals surface area contributed by atoms with E-state index < -0.39 is 0 Å². The van der Waals surface area contributed by atoms with Crippen LogP contribution in [0.4, 0.5) is 0 Å². The van der Waals surface area contributed by atoms with Gasteiger partial charge in [-0.2, -0.15) is 0 Å². The fourth-order valence-electron chi connectivity index (χ4n) is 2.63. The number of rotatable bonds is 6. The van der Waals surface area contributed by atoms with Crippen LogP contribution in [0.15, 0.2) is 17.5 Å². The van der Waals surface area contributed by atoms with Gasteiger partial charge in [-0.15, -0.1) is 11.3 Å². The van der Waals surface area contributed by atoms with Gasteiger partial charge in [-0.1, -0.05) is 32.8 Å². The Kier molecular flexibility index (Phi) is 5.40. The Labute approximate surface area is 119 Å². The van der Waals surface area contributed by atoms with E-state index in [4.69, 9.17) is 0 Å². The van der Waals surface area contributed by atoms with E-state index >= 15 is 0 Å². The maximum atomic E-state index is 12.0. The second kappa shape index (κ2) is 7.06. The smallest absolute Gasteiger partial charge is 0.234 e. The van der Waals surface area contributed by atoms with Crippen LogP contribution in [0.3, 0.4) is 0 Å². The molecule has 1 aromatic heterocycles. The van der Waals surface area contributed by atoms with Gasteiger partial charge in [0.25, 0.3) is 0 Å². The van der Waals surface area contributed by atoms with Crippen molar-refractivity contribution in [3.05, 3.63) is 22.4 Å². The number of amides is 1. The zero-order chi connectivity index (χ0) is 13.7. The number of hydrogen-bond donors (Lipinski definition) is 2. The molecule has 1 aromatic rings. The van der Waals surface area contributed by atoms with Crippen molar-refractivity contribution in [3.8, 4) is 0 Å². The summed E-state index contributed by atoms with van der Waals surface area (Å²) in [6.07, 6.45) is 5.02. The van der Waals surface area contributed by atoms with E-state index in [2.05, 4.69) is 35.9 Å². The summed E-state index contributed by atoms with van der Waals surface area (Å²) in [5.74, 6) is 0.521. The summed E-state index contributed by atoms with van der Waals surface area (Å²) in [6, 6.07) is 4.82. The molecule has 1 aliphatic rings. The number of hydrogen-bond acceptors (Lipinski definition) is 3. The van der Waals surface area contributed by atoms with E-state index in [-0.39, 0.29) is 11.9 Å².